The minimum atomic E-state index is -3.55. The fourth-order valence-electron chi connectivity index (χ4n) is 4.04. The van der Waals surface area contributed by atoms with Gasteiger partial charge in [0.2, 0.25) is 10.0 Å². The smallest absolute Gasteiger partial charge is 0.254 e. The highest BCUT2D eigenvalue weighted by molar-refractivity contribution is 7.89. The lowest BCUT2D eigenvalue weighted by atomic mass is 9.91. The molecule has 0 aliphatic carbocycles. The van der Waals surface area contributed by atoms with Crippen LogP contribution in [-0.2, 0) is 10.0 Å². The number of hydrogen-bond acceptors (Lipinski definition) is 4. The number of hydrogen-bond donors (Lipinski definition) is 1. The maximum atomic E-state index is 13.1. The van der Waals surface area contributed by atoms with Crippen molar-refractivity contribution in [2.75, 3.05) is 26.2 Å². The van der Waals surface area contributed by atoms with Gasteiger partial charge in [-0.15, -0.1) is 12.4 Å². The van der Waals surface area contributed by atoms with E-state index in [0.29, 0.717) is 37.7 Å². The first kappa shape index (κ1) is 23.1. The van der Waals surface area contributed by atoms with Gasteiger partial charge >= 0.3 is 0 Å². The summed E-state index contributed by atoms with van der Waals surface area (Å²) >= 11 is 0. The third-order valence-electron chi connectivity index (χ3n) is 5.88. The van der Waals surface area contributed by atoms with Crippen molar-refractivity contribution < 1.29 is 13.2 Å². The fourth-order valence-corrected chi connectivity index (χ4v) is 5.58. The van der Waals surface area contributed by atoms with Crippen molar-refractivity contribution in [3.05, 3.63) is 29.3 Å². The molecule has 2 fully saturated rings. The Morgan fingerprint density at radius 1 is 1.14 bits per heavy atom. The van der Waals surface area contributed by atoms with Crippen LogP contribution in [0.3, 0.4) is 0 Å². The quantitative estimate of drug-likeness (QED) is 0.797. The number of carbonyl (C=O) groups excluding carboxylic acids is 1. The largest absolute Gasteiger partial charge is 0.338 e. The number of piperidine rings is 2. The van der Waals surface area contributed by atoms with E-state index < -0.39 is 10.0 Å². The van der Waals surface area contributed by atoms with Gasteiger partial charge in [-0.3, -0.25) is 4.79 Å². The van der Waals surface area contributed by atoms with Crippen LogP contribution in [0.25, 0.3) is 0 Å². The third-order valence-corrected chi connectivity index (χ3v) is 7.78. The van der Waals surface area contributed by atoms with E-state index in [9.17, 15) is 13.2 Å². The standard InChI is InChI=1S/C20H31N3O3S.ClH/c1-15-8-9-18(27(25,26)23-11-4-3-5-12-23)13-19(15)20(24)22-10-6-7-17(14-22)16(2)21;/h8-9,13,16-17H,3-7,10-12,14,21H2,1-2H3;1H. The number of benzene rings is 1. The molecular weight excluding hydrogens is 398 g/mol. The van der Waals surface area contributed by atoms with Crippen molar-refractivity contribution in [2.24, 2.45) is 11.7 Å². The predicted molar refractivity (Wildman–Crippen MR) is 113 cm³/mol. The molecule has 2 aliphatic heterocycles. The average molecular weight is 430 g/mol. The predicted octanol–water partition coefficient (Wildman–Crippen LogP) is 2.79. The Hall–Kier alpha value is -1.15. The summed E-state index contributed by atoms with van der Waals surface area (Å²) in [6, 6.07) is 4.98. The second-order valence-electron chi connectivity index (χ2n) is 7.95. The number of nitrogens with zero attached hydrogens (tertiary/aromatic N) is 2. The summed E-state index contributed by atoms with van der Waals surface area (Å²) in [7, 11) is -3.55. The molecule has 1 aromatic rings. The molecule has 2 saturated heterocycles. The zero-order valence-corrected chi connectivity index (χ0v) is 18.4. The Kier molecular flexibility index (Phi) is 7.90. The zero-order valence-electron chi connectivity index (χ0n) is 16.8. The van der Waals surface area contributed by atoms with Crippen LogP contribution < -0.4 is 5.73 Å². The second kappa shape index (κ2) is 9.57. The van der Waals surface area contributed by atoms with Crippen LogP contribution in [0.2, 0.25) is 0 Å². The molecule has 2 N–H and O–H groups in total. The Morgan fingerprint density at radius 2 is 1.82 bits per heavy atom. The number of carbonyl (C=O) groups is 1. The zero-order chi connectivity index (χ0) is 19.6. The molecule has 8 heteroatoms. The van der Waals surface area contributed by atoms with Gasteiger partial charge in [-0.05, 0) is 63.1 Å². The number of aryl methyl sites for hydroxylation is 1. The van der Waals surface area contributed by atoms with Crippen molar-refractivity contribution >= 4 is 28.3 Å². The first-order valence-corrected chi connectivity index (χ1v) is 11.4. The van der Waals surface area contributed by atoms with Gasteiger partial charge in [0.15, 0.2) is 0 Å². The van der Waals surface area contributed by atoms with E-state index in [1.165, 1.54) is 0 Å². The van der Waals surface area contributed by atoms with Crippen LogP contribution in [-0.4, -0.2) is 55.8 Å². The first-order chi connectivity index (χ1) is 12.8. The fraction of sp³-hybridized carbons (Fsp3) is 0.650. The van der Waals surface area contributed by atoms with Gasteiger partial charge in [0.1, 0.15) is 0 Å². The molecule has 0 aromatic heterocycles. The lowest BCUT2D eigenvalue weighted by molar-refractivity contribution is 0.0660. The van der Waals surface area contributed by atoms with E-state index in [0.717, 1.165) is 37.7 Å². The number of rotatable bonds is 4. The summed E-state index contributed by atoms with van der Waals surface area (Å²) in [6.07, 6.45) is 4.82. The van der Waals surface area contributed by atoms with Gasteiger partial charge in [-0.1, -0.05) is 12.5 Å². The number of nitrogens with two attached hydrogens (primary N) is 1. The maximum Gasteiger partial charge on any atom is 0.254 e. The molecule has 2 aliphatic rings. The summed E-state index contributed by atoms with van der Waals surface area (Å²) in [6.45, 7) is 6.29. The molecule has 0 radical (unpaired) electrons. The molecule has 3 rings (SSSR count). The van der Waals surface area contributed by atoms with Crippen molar-refractivity contribution in [1.29, 1.82) is 0 Å². The van der Waals surface area contributed by atoms with E-state index >= 15 is 0 Å². The average Bonchev–Trinajstić information content (AvgIpc) is 2.68. The normalized spacial score (nSPS) is 22.4. The minimum absolute atomic E-state index is 0. The van der Waals surface area contributed by atoms with Crippen molar-refractivity contribution in [2.45, 2.75) is 56.9 Å². The van der Waals surface area contributed by atoms with E-state index in [-0.39, 0.29) is 29.3 Å². The molecule has 158 valence electrons. The summed E-state index contributed by atoms with van der Waals surface area (Å²) in [5.74, 6) is 0.205. The van der Waals surface area contributed by atoms with Gasteiger partial charge in [0.25, 0.3) is 5.91 Å². The molecule has 0 spiro atoms. The number of sulfonamides is 1. The molecular formula is C20H32ClN3O3S. The van der Waals surface area contributed by atoms with Crippen molar-refractivity contribution in [3.8, 4) is 0 Å². The molecule has 1 aromatic carbocycles. The lowest BCUT2D eigenvalue weighted by Crippen LogP contribution is -2.45. The molecule has 1 amide bonds. The van der Waals surface area contributed by atoms with Gasteiger partial charge in [-0.2, -0.15) is 4.31 Å². The van der Waals surface area contributed by atoms with Crippen LogP contribution in [0.15, 0.2) is 23.1 Å². The lowest BCUT2D eigenvalue weighted by Gasteiger charge is -2.35. The van der Waals surface area contributed by atoms with Crippen molar-refractivity contribution in [1.82, 2.24) is 9.21 Å². The highest BCUT2D eigenvalue weighted by Crippen LogP contribution is 2.25. The monoisotopic (exact) mass is 429 g/mol. The third kappa shape index (κ3) is 4.87. The van der Waals surface area contributed by atoms with Crippen LogP contribution in [0, 0.1) is 12.8 Å². The molecule has 2 unspecified atom stereocenters. The Bertz CT molecular complexity index is 792. The van der Waals surface area contributed by atoms with E-state index in [1.54, 1.807) is 22.5 Å². The first-order valence-electron chi connectivity index (χ1n) is 9.96. The van der Waals surface area contributed by atoms with E-state index in [4.69, 9.17) is 5.73 Å². The van der Waals surface area contributed by atoms with Gasteiger partial charge < -0.3 is 10.6 Å². The topological polar surface area (TPSA) is 83.7 Å². The molecule has 2 atom stereocenters. The van der Waals surface area contributed by atoms with Gasteiger partial charge in [-0.25, -0.2) is 8.42 Å². The highest BCUT2D eigenvalue weighted by atomic mass is 35.5. The van der Waals surface area contributed by atoms with Crippen LogP contribution in [0.1, 0.15) is 54.9 Å². The number of likely N-dealkylation sites (tertiary alicyclic amines) is 1. The molecule has 0 saturated carbocycles. The summed E-state index contributed by atoms with van der Waals surface area (Å²) in [5.41, 5.74) is 7.33. The molecule has 2 heterocycles. The Labute approximate surface area is 174 Å². The van der Waals surface area contributed by atoms with Crippen molar-refractivity contribution in [3.63, 3.8) is 0 Å². The summed E-state index contributed by atoms with van der Waals surface area (Å²) in [4.78, 5) is 15.2. The SMILES string of the molecule is Cc1ccc(S(=O)(=O)N2CCCCC2)cc1C(=O)N1CCCC(C(C)N)C1.Cl. The summed E-state index contributed by atoms with van der Waals surface area (Å²) in [5, 5.41) is 0. The molecule has 28 heavy (non-hydrogen) atoms. The Balaban J connectivity index is 0.00000280. The van der Waals surface area contributed by atoms with E-state index in [1.807, 2.05) is 18.7 Å². The van der Waals surface area contributed by atoms with Crippen LogP contribution in [0.5, 0.6) is 0 Å². The summed E-state index contributed by atoms with van der Waals surface area (Å²) < 4.78 is 27.5. The number of amides is 1. The van der Waals surface area contributed by atoms with Crippen LogP contribution >= 0.6 is 12.4 Å². The van der Waals surface area contributed by atoms with Gasteiger partial charge in [0.05, 0.1) is 4.90 Å². The van der Waals surface area contributed by atoms with Crippen LogP contribution in [0.4, 0.5) is 0 Å². The maximum absolute atomic E-state index is 13.1. The second-order valence-corrected chi connectivity index (χ2v) is 9.89. The molecule has 0 bridgehead atoms. The number of halogens is 1. The Morgan fingerprint density at radius 3 is 2.46 bits per heavy atom. The van der Waals surface area contributed by atoms with Gasteiger partial charge in [0, 0.05) is 37.8 Å². The van der Waals surface area contributed by atoms with E-state index in [2.05, 4.69) is 0 Å². The molecule has 6 nitrogen and oxygen atoms in total. The highest BCUT2D eigenvalue weighted by Gasteiger charge is 2.30. The minimum Gasteiger partial charge on any atom is -0.338 e.